The Labute approximate surface area is 214 Å². The molecule has 2 aliphatic carbocycles. The van der Waals surface area contributed by atoms with Crippen LogP contribution < -0.4 is 0 Å². The van der Waals surface area contributed by atoms with Crippen LogP contribution >= 0.6 is 0 Å². The van der Waals surface area contributed by atoms with Crippen molar-refractivity contribution in [1.82, 2.24) is 0 Å². The van der Waals surface area contributed by atoms with Gasteiger partial charge in [0.15, 0.2) is 0 Å². The second kappa shape index (κ2) is 8.50. The molecule has 1 spiro atoms. The van der Waals surface area contributed by atoms with Crippen molar-refractivity contribution in [2.75, 3.05) is 0 Å². The maximum atomic E-state index is 3.96. The average molecular weight is 463 g/mol. The van der Waals surface area contributed by atoms with E-state index in [1.165, 1.54) is 66.8 Å². The second-order valence-electron chi connectivity index (χ2n) is 9.79. The molecule has 0 aromatic heterocycles. The van der Waals surface area contributed by atoms with Crippen LogP contribution in [-0.4, -0.2) is 0 Å². The van der Waals surface area contributed by atoms with Gasteiger partial charge in [0.05, 0.1) is 5.41 Å². The Hall–Kier alpha value is -4.16. The zero-order valence-electron chi connectivity index (χ0n) is 21.2. The van der Waals surface area contributed by atoms with Gasteiger partial charge in [0.25, 0.3) is 0 Å². The zero-order valence-corrected chi connectivity index (χ0v) is 21.2. The molecule has 0 amide bonds. The van der Waals surface area contributed by atoms with Crippen molar-refractivity contribution in [3.63, 3.8) is 0 Å². The Kier molecular flexibility index (Phi) is 5.27. The summed E-state index contributed by atoms with van der Waals surface area (Å²) in [6.45, 7) is 10.4. The van der Waals surface area contributed by atoms with Crippen molar-refractivity contribution >= 4 is 5.57 Å². The van der Waals surface area contributed by atoms with E-state index in [1.807, 2.05) is 6.08 Å². The summed E-state index contributed by atoms with van der Waals surface area (Å²) in [4.78, 5) is 0. The minimum Gasteiger partial charge on any atom is -0.0991 e. The van der Waals surface area contributed by atoms with Gasteiger partial charge < -0.3 is 0 Å². The summed E-state index contributed by atoms with van der Waals surface area (Å²) in [5.41, 5.74) is 15.5. The lowest BCUT2D eigenvalue weighted by Crippen LogP contribution is -2.26. The smallest absolute Gasteiger partial charge is 0.0725 e. The maximum Gasteiger partial charge on any atom is 0.0725 e. The molecular formula is C36H30. The van der Waals surface area contributed by atoms with Gasteiger partial charge in [-0.1, -0.05) is 116 Å². The second-order valence-corrected chi connectivity index (χ2v) is 9.79. The topological polar surface area (TPSA) is 0 Å². The zero-order chi connectivity index (χ0) is 24.9. The van der Waals surface area contributed by atoms with E-state index in [4.69, 9.17) is 0 Å². The van der Waals surface area contributed by atoms with Crippen LogP contribution in [0.2, 0.25) is 0 Å². The Morgan fingerprint density at radius 2 is 1.17 bits per heavy atom. The Balaban J connectivity index is 1.73. The van der Waals surface area contributed by atoms with Crippen molar-refractivity contribution in [1.29, 1.82) is 0 Å². The first-order chi connectivity index (χ1) is 17.6. The lowest BCUT2D eigenvalue weighted by atomic mass is 9.70. The predicted octanol–water partition coefficient (Wildman–Crippen LogP) is 9.51. The quantitative estimate of drug-likeness (QED) is 0.229. The van der Waals surface area contributed by atoms with E-state index in [-0.39, 0.29) is 5.41 Å². The van der Waals surface area contributed by atoms with Crippen LogP contribution in [0.3, 0.4) is 0 Å². The van der Waals surface area contributed by atoms with Gasteiger partial charge in [-0.2, -0.15) is 0 Å². The molecule has 0 heterocycles. The number of benzene rings is 4. The summed E-state index contributed by atoms with van der Waals surface area (Å²) >= 11 is 0. The molecule has 0 saturated heterocycles. The number of fused-ring (bicyclic) bond motifs is 10. The standard InChI is InChI=1S/C36H30/c1-5-13-24(3)35(25(4)14-6-2)26-21-22-30-29-17-9-12-20-33(29)36(34(30)23-26)31-18-10-7-15-27(31)28-16-8-11-19-32(28)36/h5-23H,1H2,2-4H3/b14-6-,24-13+,35-25-. The van der Waals surface area contributed by atoms with E-state index in [2.05, 4.69) is 137 Å². The van der Waals surface area contributed by atoms with Crippen LogP contribution in [0.1, 0.15) is 48.6 Å². The molecular weight excluding hydrogens is 432 g/mol. The van der Waals surface area contributed by atoms with E-state index in [9.17, 15) is 0 Å². The first-order valence-corrected chi connectivity index (χ1v) is 12.7. The number of rotatable bonds is 4. The average Bonchev–Trinajstić information content (AvgIpc) is 3.36. The highest BCUT2D eigenvalue weighted by Crippen LogP contribution is 2.62. The molecule has 4 aromatic rings. The summed E-state index contributed by atoms with van der Waals surface area (Å²) in [6, 6.07) is 34.0. The van der Waals surface area contributed by atoms with Crippen LogP contribution in [0, 0.1) is 0 Å². The molecule has 0 radical (unpaired) electrons. The summed E-state index contributed by atoms with van der Waals surface area (Å²) in [5, 5.41) is 0. The minimum absolute atomic E-state index is 0.315. The van der Waals surface area contributed by atoms with Crippen LogP contribution in [0.25, 0.3) is 27.8 Å². The molecule has 4 aromatic carbocycles. The third kappa shape index (κ3) is 2.94. The van der Waals surface area contributed by atoms with Gasteiger partial charge in [-0.05, 0) is 93.6 Å². The maximum absolute atomic E-state index is 3.96. The molecule has 0 atom stereocenters. The SMILES string of the molecule is C=C/C=C(C)/C(=C(C)/C=C\C)c1ccc2c(c1)C1(c3ccccc3-c3ccccc31)c1ccccc1-2. The van der Waals surface area contributed by atoms with E-state index in [0.717, 1.165) is 0 Å². The first kappa shape index (κ1) is 22.3. The highest BCUT2D eigenvalue weighted by molar-refractivity contribution is 5.96. The van der Waals surface area contributed by atoms with Gasteiger partial charge in [-0.25, -0.2) is 0 Å². The fourth-order valence-electron chi connectivity index (χ4n) is 6.61. The summed E-state index contributed by atoms with van der Waals surface area (Å²) in [5.74, 6) is 0. The molecule has 0 nitrogen and oxygen atoms in total. The van der Waals surface area contributed by atoms with E-state index < -0.39 is 0 Å². The summed E-state index contributed by atoms with van der Waals surface area (Å²) < 4.78 is 0. The van der Waals surface area contributed by atoms with E-state index in [0.29, 0.717) is 0 Å². The fourth-order valence-corrected chi connectivity index (χ4v) is 6.61. The van der Waals surface area contributed by atoms with Crippen LogP contribution in [0.5, 0.6) is 0 Å². The first-order valence-electron chi connectivity index (χ1n) is 12.7. The van der Waals surface area contributed by atoms with E-state index >= 15 is 0 Å². The molecule has 0 bridgehead atoms. The summed E-state index contributed by atoms with van der Waals surface area (Å²) in [6.07, 6.45) is 8.31. The molecule has 2 aliphatic rings. The normalized spacial score (nSPS) is 15.4. The van der Waals surface area contributed by atoms with Crippen molar-refractivity contribution in [3.05, 3.63) is 161 Å². The third-order valence-electron chi connectivity index (χ3n) is 7.86. The molecule has 0 N–H and O–H groups in total. The van der Waals surface area contributed by atoms with Crippen molar-refractivity contribution in [2.45, 2.75) is 26.2 Å². The van der Waals surface area contributed by atoms with Gasteiger partial charge in [-0.15, -0.1) is 0 Å². The highest BCUT2D eigenvalue weighted by Gasteiger charge is 2.51. The van der Waals surface area contributed by atoms with Crippen molar-refractivity contribution in [3.8, 4) is 22.3 Å². The molecule has 6 rings (SSSR count). The van der Waals surface area contributed by atoms with Gasteiger partial charge in [0, 0.05) is 0 Å². The largest absolute Gasteiger partial charge is 0.0991 e. The van der Waals surface area contributed by atoms with Crippen LogP contribution in [0.4, 0.5) is 0 Å². The molecule has 36 heavy (non-hydrogen) atoms. The fraction of sp³-hybridized carbons (Fsp3) is 0.111. The number of hydrogen-bond donors (Lipinski definition) is 0. The van der Waals surface area contributed by atoms with Crippen molar-refractivity contribution < 1.29 is 0 Å². The minimum atomic E-state index is -0.315. The molecule has 174 valence electrons. The van der Waals surface area contributed by atoms with Crippen LogP contribution in [-0.2, 0) is 5.41 Å². The highest BCUT2D eigenvalue weighted by atomic mass is 14.5. The van der Waals surface area contributed by atoms with E-state index in [1.54, 1.807) is 0 Å². The van der Waals surface area contributed by atoms with Crippen LogP contribution in [0.15, 0.2) is 133 Å². The van der Waals surface area contributed by atoms with Gasteiger partial charge in [0.1, 0.15) is 0 Å². The third-order valence-corrected chi connectivity index (χ3v) is 7.86. The van der Waals surface area contributed by atoms with Crippen molar-refractivity contribution in [2.24, 2.45) is 0 Å². The molecule has 0 fully saturated rings. The Morgan fingerprint density at radius 3 is 1.67 bits per heavy atom. The Morgan fingerprint density at radius 1 is 0.667 bits per heavy atom. The van der Waals surface area contributed by atoms with Gasteiger partial charge in [0.2, 0.25) is 0 Å². The molecule has 0 saturated carbocycles. The lowest BCUT2D eigenvalue weighted by Gasteiger charge is -2.31. The molecule has 0 aliphatic heterocycles. The van der Waals surface area contributed by atoms with Gasteiger partial charge in [-0.3, -0.25) is 0 Å². The number of hydrogen-bond acceptors (Lipinski definition) is 0. The van der Waals surface area contributed by atoms with Gasteiger partial charge >= 0.3 is 0 Å². The predicted molar refractivity (Wildman–Crippen MR) is 154 cm³/mol. The lowest BCUT2D eigenvalue weighted by molar-refractivity contribution is 0.793. The molecule has 0 unspecified atom stereocenters. The number of allylic oxidation sites excluding steroid dienone is 7. The summed E-state index contributed by atoms with van der Waals surface area (Å²) in [7, 11) is 0. The molecule has 0 heteroatoms. The Bertz CT molecular complexity index is 1560. The monoisotopic (exact) mass is 462 g/mol.